The number of hydrogen-bond donors (Lipinski definition) is 0. The lowest BCUT2D eigenvalue weighted by Gasteiger charge is -2.18. The fourth-order valence-corrected chi connectivity index (χ4v) is 8.44. The molecule has 0 aliphatic carbocycles. The number of hydrogen-bond acceptors (Lipinski definition) is 6. The molecule has 0 saturated carbocycles. The van der Waals surface area contributed by atoms with Crippen LogP contribution in [0.3, 0.4) is 0 Å². The van der Waals surface area contributed by atoms with Crippen molar-refractivity contribution in [2.24, 2.45) is 17.8 Å². The first-order chi connectivity index (χ1) is 30.1. The van der Waals surface area contributed by atoms with Crippen LogP contribution in [-0.2, 0) is 28.6 Å². The third kappa shape index (κ3) is 47.9. The van der Waals surface area contributed by atoms with Crippen LogP contribution >= 0.6 is 0 Å². The molecule has 0 N–H and O–H groups in total. The maximum absolute atomic E-state index is 12.8. The maximum Gasteiger partial charge on any atom is 0.306 e. The van der Waals surface area contributed by atoms with E-state index >= 15 is 0 Å². The van der Waals surface area contributed by atoms with Crippen LogP contribution in [0.25, 0.3) is 0 Å². The van der Waals surface area contributed by atoms with E-state index in [4.69, 9.17) is 14.2 Å². The highest BCUT2D eigenvalue weighted by Crippen LogP contribution is 2.18. The molecule has 6 heteroatoms. The number of esters is 3. The van der Waals surface area contributed by atoms with Crippen LogP contribution in [0.5, 0.6) is 0 Å². The Morgan fingerprint density at radius 2 is 0.565 bits per heavy atom. The average molecular weight is 877 g/mol. The van der Waals surface area contributed by atoms with Gasteiger partial charge in [0.25, 0.3) is 0 Å². The van der Waals surface area contributed by atoms with Crippen LogP contribution < -0.4 is 0 Å². The first-order valence-electron chi connectivity index (χ1n) is 27.6. The topological polar surface area (TPSA) is 78.9 Å². The SMILES string of the molecule is CCC(C)CCCCCCCCCCCCCCCCC(=O)OC[C@@H](COC(=O)CCCCCCCCCC(C)C)OC(=O)CCCCCCCCCCCCCCCC(C)C. The summed E-state index contributed by atoms with van der Waals surface area (Å²) in [6, 6.07) is 0. The molecule has 0 fully saturated rings. The third-order valence-electron chi connectivity index (χ3n) is 13.0. The van der Waals surface area contributed by atoms with Gasteiger partial charge in [0.1, 0.15) is 13.2 Å². The normalized spacial score (nSPS) is 12.6. The molecule has 6 nitrogen and oxygen atoms in total. The van der Waals surface area contributed by atoms with Crippen LogP contribution in [0.2, 0.25) is 0 Å². The van der Waals surface area contributed by atoms with Crippen molar-refractivity contribution in [3.63, 3.8) is 0 Å². The number of carbonyl (C=O) groups excluding carboxylic acids is 3. The molecule has 0 aliphatic rings. The van der Waals surface area contributed by atoms with E-state index in [9.17, 15) is 14.4 Å². The number of ether oxygens (including phenoxy) is 3. The molecule has 0 aromatic rings. The second kappa shape index (κ2) is 47.4. The van der Waals surface area contributed by atoms with Crippen LogP contribution in [-0.4, -0.2) is 37.2 Å². The minimum atomic E-state index is -0.763. The fourth-order valence-electron chi connectivity index (χ4n) is 8.44. The molecule has 368 valence electrons. The molecule has 0 bridgehead atoms. The third-order valence-corrected chi connectivity index (χ3v) is 13.0. The van der Waals surface area contributed by atoms with Crippen LogP contribution in [0.1, 0.15) is 305 Å². The Labute approximate surface area is 387 Å². The van der Waals surface area contributed by atoms with Gasteiger partial charge in [0, 0.05) is 19.3 Å². The van der Waals surface area contributed by atoms with Crippen molar-refractivity contribution in [2.75, 3.05) is 13.2 Å². The molecule has 0 saturated heterocycles. The molecule has 0 rings (SSSR count). The average Bonchev–Trinajstić information content (AvgIpc) is 3.24. The quantitative estimate of drug-likeness (QED) is 0.0344. The van der Waals surface area contributed by atoms with E-state index in [1.54, 1.807) is 0 Å². The standard InChI is InChI=1S/C56H108O6/c1-7-52(6)44-38-32-26-20-16-12-8-9-13-17-21-27-33-39-45-54(57)60-48-53(49-61-55(58)46-40-34-29-23-25-31-37-43-51(4)5)62-56(59)47-41-35-28-22-18-14-10-11-15-19-24-30-36-42-50(2)3/h50-53H,7-49H2,1-6H3/t52?,53-/m0/s1. The van der Waals surface area contributed by atoms with E-state index in [1.165, 1.54) is 186 Å². The van der Waals surface area contributed by atoms with Gasteiger partial charge in [-0.15, -0.1) is 0 Å². The zero-order valence-electron chi connectivity index (χ0n) is 42.7. The van der Waals surface area contributed by atoms with Crippen LogP contribution in [0.15, 0.2) is 0 Å². The van der Waals surface area contributed by atoms with Gasteiger partial charge in [-0.25, -0.2) is 0 Å². The molecule has 2 atom stereocenters. The number of rotatable bonds is 49. The summed E-state index contributed by atoms with van der Waals surface area (Å²) in [7, 11) is 0. The molecule has 0 spiro atoms. The summed E-state index contributed by atoms with van der Waals surface area (Å²) < 4.78 is 16.8. The van der Waals surface area contributed by atoms with Gasteiger partial charge >= 0.3 is 17.9 Å². The van der Waals surface area contributed by atoms with Crippen molar-refractivity contribution in [2.45, 2.75) is 311 Å². The van der Waals surface area contributed by atoms with Crippen LogP contribution in [0.4, 0.5) is 0 Å². The Morgan fingerprint density at radius 3 is 0.839 bits per heavy atom. The summed E-state index contributed by atoms with van der Waals surface area (Å²) in [5.74, 6) is 1.66. The Bertz CT molecular complexity index is 962. The van der Waals surface area contributed by atoms with E-state index in [1.807, 2.05) is 0 Å². The van der Waals surface area contributed by atoms with Gasteiger partial charge < -0.3 is 14.2 Å². The van der Waals surface area contributed by atoms with Gasteiger partial charge in [-0.2, -0.15) is 0 Å². The highest BCUT2D eigenvalue weighted by atomic mass is 16.6. The van der Waals surface area contributed by atoms with E-state index in [2.05, 4.69) is 41.5 Å². The number of unbranched alkanes of at least 4 members (excludes halogenated alkanes) is 31. The predicted molar refractivity (Wildman–Crippen MR) is 266 cm³/mol. The van der Waals surface area contributed by atoms with E-state index in [0.717, 1.165) is 75.5 Å². The predicted octanol–water partition coefficient (Wildman–Crippen LogP) is 17.9. The summed E-state index contributed by atoms with van der Waals surface area (Å²) >= 11 is 0. The van der Waals surface area contributed by atoms with Crippen molar-refractivity contribution >= 4 is 17.9 Å². The summed E-state index contributed by atoms with van der Waals surface area (Å²) in [5.41, 5.74) is 0. The molecular formula is C56H108O6. The smallest absolute Gasteiger partial charge is 0.306 e. The largest absolute Gasteiger partial charge is 0.462 e. The second-order valence-electron chi connectivity index (χ2n) is 20.4. The summed E-state index contributed by atoms with van der Waals surface area (Å²) in [6.45, 7) is 13.7. The Kier molecular flexibility index (Phi) is 46.2. The summed E-state index contributed by atoms with van der Waals surface area (Å²) in [6.07, 6.45) is 48.1. The van der Waals surface area contributed by atoms with E-state index in [-0.39, 0.29) is 31.1 Å². The minimum Gasteiger partial charge on any atom is -0.462 e. The molecule has 0 aromatic heterocycles. The van der Waals surface area contributed by atoms with Crippen LogP contribution in [0, 0.1) is 17.8 Å². The maximum atomic E-state index is 12.8. The number of carbonyl (C=O) groups is 3. The Hall–Kier alpha value is -1.59. The lowest BCUT2D eigenvalue weighted by Crippen LogP contribution is -2.30. The lowest BCUT2D eigenvalue weighted by atomic mass is 9.99. The van der Waals surface area contributed by atoms with Gasteiger partial charge in [-0.3, -0.25) is 14.4 Å². The monoisotopic (exact) mass is 877 g/mol. The van der Waals surface area contributed by atoms with Gasteiger partial charge in [-0.05, 0) is 37.0 Å². The second-order valence-corrected chi connectivity index (χ2v) is 20.4. The molecule has 62 heavy (non-hydrogen) atoms. The Balaban J connectivity index is 4.27. The molecule has 0 heterocycles. The zero-order chi connectivity index (χ0) is 45.6. The van der Waals surface area contributed by atoms with E-state index < -0.39 is 6.10 Å². The van der Waals surface area contributed by atoms with Gasteiger partial charge in [0.05, 0.1) is 0 Å². The highest BCUT2D eigenvalue weighted by molar-refractivity contribution is 5.71. The molecule has 0 aromatic carbocycles. The molecule has 0 radical (unpaired) electrons. The zero-order valence-corrected chi connectivity index (χ0v) is 42.7. The van der Waals surface area contributed by atoms with Gasteiger partial charge in [0.15, 0.2) is 6.10 Å². The molecular weight excluding hydrogens is 769 g/mol. The van der Waals surface area contributed by atoms with Crippen molar-refractivity contribution in [3.05, 3.63) is 0 Å². The molecule has 0 amide bonds. The Morgan fingerprint density at radius 1 is 0.323 bits per heavy atom. The first kappa shape index (κ1) is 60.4. The van der Waals surface area contributed by atoms with Crippen molar-refractivity contribution in [1.82, 2.24) is 0 Å². The highest BCUT2D eigenvalue weighted by Gasteiger charge is 2.19. The van der Waals surface area contributed by atoms with Gasteiger partial charge in [-0.1, -0.05) is 266 Å². The van der Waals surface area contributed by atoms with Gasteiger partial charge in [0.2, 0.25) is 0 Å². The minimum absolute atomic E-state index is 0.0645. The first-order valence-corrected chi connectivity index (χ1v) is 27.6. The molecule has 1 unspecified atom stereocenters. The fraction of sp³-hybridized carbons (Fsp3) is 0.946. The lowest BCUT2D eigenvalue weighted by molar-refractivity contribution is -0.167. The summed E-state index contributed by atoms with van der Waals surface area (Å²) in [5, 5.41) is 0. The van der Waals surface area contributed by atoms with Crippen molar-refractivity contribution in [3.8, 4) is 0 Å². The summed E-state index contributed by atoms with van der Waals surface area (Å²) in [4.78, 5) is 38.0. The molecule has 0 aliphatic heterocycles. The van der Waals surface area contributed by atoms with Crippen molar-refractivity contribution < 1.29 is 28.6 Å². The van der Waals surface area contributed by atoms with Crippen molar-refractivity contribution in [1.29, 1.82) is 0 Å². The van der Waals surface area contributed by atoms with E-state index in [0.29, 0.717) is 19.3 Å².